The molecule has 4 rings (SSSR count). The molecular formula is C22H20N4O3S. The number of aryl methyl sites for hydroxylation is 1. The molecule has 2 aromatic heterocycles. The molecule has 0 saturated carbocycles. The van der Waals surface area contributed by atoms with Gasteiger partial charge in [-0.15, -0.1) is 0 Å². The zero-order valence-electron chi connectivity index (χ0n) is 16.5. The lowest BCUT2D eigenvalue weighted by Crippen LogP contribution is -2.26. The SMILES string of the molecule is CN(c1cn(C)nc1-c1ccccc1)S(=O)(=O)c1ccc(Oc2ccncc2)cc1. The highest BCUT2D eigenvalue weighted by molar-refractivity contribution is 7.92. The van der Waals surface area contributed by atoms with E-state index in [1.165, 1.54) is 23.5 Å². The Labute approximate surface area is 175 Å². The highest BCUT2D eigenvalue weighted by atomic mass is 32.2. The van der Waals surface area contributed by atoms with Crippen molar-refractivity contribution in [3.05, 3.63) is 85.3 Å². The van der Waals surface area contributed by atoms with Crippen LogP contribution in [0.15, 0.2) is 90.2 Å². The third kappa shape index (κ3) is 3.90. The summed E-state index contributed by atoms with van der Waals surface area (Å²) >= 11 is 0. The van der Waals surface area contributed by atoms with Crippen molar-refractivity contribution in [3.63, 3.8) is 0 Å². The Hall–Kier alpha value is -3.65. The molecule has 0 aliphatic carbocycles. The lowest BCUT2D eigenvalue weighted by molar-refractivity contribution is 0.481. The van der Waals surface area contributed by atoms with Gasteiger partial charge in [0.25, 0.3) is 10.0 Å². The normalized spacial score (nSPS) is 11.3. The molecular weight excluding hydrogens is 400 g/mol. The standard InChI is InChI=1S/C22H20N4O3S/c1-25-16-21(22(24-25)17-6-4-3-5-7-17)26(2)30(27,28)20-10-8-18(9-11-20)29-19-12-14-23-15-13-19/h3-16H,1-2H3. The van der Waals surface area contributed by atoms with Crippen molar-refractivity contribution in [2.45, 2.75) is 4.90 Å². The highest BCUT2D eigenvalue weighted by Crippen LogP contribution is 2.32. The van der Waals surface area contributed by atoms with E-state index < -0.39 is 10.0 Å². The molecule has 4 aromatic rings. The maximum Gasteiger partial charge on any atom is 0.264 e. The average molecular weight is 420 g/mol. The molecule has 0 aliphatic heterocycles. The van der Waals surface area contributed by atoms with Gasteiger partial charge in [0.15, 0.2) is 0 Å². The van der Waals surface area contributed by atoms with E-state index in [4.69, 9.17) is 4.74 Å². The van der Waals surface area contributed by atoms with Gasteiger partial charge in [-0.25, -0.2) is 8.42 Å². The third-order valence-electron chi connectivity index (χ3n) is 4.56. The van der Waals surface area contributed by atoms with Gasteiger partial charge in [-0.1, -0.05) is 30.3 Å². The van der Waals surface area contributed by atoms with E-state index in [-0.39, 0.29) is 4.90 Å². The predicted octanol–water partition coefficient (Wildman–Crippen LogP) is 4.10. The molecule has 2 aromatic carbocycles. The number of ether oxygens (including phenoxy) is 1. The first-order chi connectivity index (χ1) is 14.4. The molecule has 0 atom stereocenters. The predicted molar refractivity (Wildman–Crippen MR) is 115 cm³/mol. The molecule has 0 spiro atoms. The molecule has 0 unspecified atom stereocenters. The molecule has 152 valence electrons. The minimum absolute atomic E-state index is 0.162. The Balaban J connectivity index is 1.63. The first-order valence-electron chi connectivity index (χ1n) is 9.21. The number of pyridine rings is 1. The molecule has 0 aliphatic rings. The Bertz CT molecular complexity index is 1240. The average Bonchev–Trinajstić information content (AvgIpc) is 3.16. The summed E-state index contributed by atoms with van der Waals surface area (Å²) in [5, 5.41) is 4.46. The van der Waals surface area contributed by atoms with Gasteiger partial charge in [-0.3, -0.25) is 14.0 Å². The van der Waals surface area contributed by atoms with Gasteiger partial charge in [0.05, 0.1) is 10.6 Å². The van der Waals surface area contributed by atoms with Gasteiger partial charge in [0, 0.05) is 38.2 Å². The van der Waals surface area contributed by atoms with Crippen molar-refractivity contribution in [2.75, 3.05) is 11.4 Å². The van der Waals surface area contributed by atoms with Gasteiger partial charge in [0.2, 0.25) is 0 Å². The van der Waals surface area contributed by atoms with Crippen LogP contribution in [0.25, 0.3) is 11.3 Å². The summed E-state index contributed by atoms with van der Waals surface area (Å²) in [6.45, 7) is 0. The largest absolute Gasteiger partial charge is 0.457 e. The summed E-state index contributed by atoms with van der Waals surface area (Å²) in [6.07, 6.45) is 4.95. The van der Waals surface area contributed by atoms with Crippen LogP contribution in [0, 0.1) is 0 Å². The lowest BCUT2D eigenvalue weighted by atomic mass is 10.1. The molecule has 0 saturated heterocycles. The summed E-state index contributed by atoms with van der Waals surface area (Å²) in [7, 11) is -0.491. The Morgan fingerprint density at radius 1 is 0.900 bits per heavy atom. The van der Waals surface area contributed by atoms with E-state index in [1.54, 1.807) is 54.6 Å². The summed E-state index contributed by atoms with van der Waals surface area (Å²) in [4.78, 5) is 4.10. The molecule has 0 amide bonds. The van der Waals surface area contributed by atoms with Crippen molar-refractivity contribution < 1.29 is 13.2 Å². The van der Waals surface area contributed by atoms with E-state index >= 15 is 0 Å². The van der Waals surface area contributed by atoms with Crippen molar-refractivity contribution >= 4 is 15.7 Å². The minimum atomic E-state index is -3.78. The first-order valence-corrected chi connectivity index (χ1v) is 10.6. The van der Waals surface area contributed by atoms with Gasteiger partial charge in [0.1, 0.15) is 17.2 Å². The summed E-state index contributed by atoms with van der Waals surface area (Å²) in [5.74, 6) is 1.16. The molecule has 0 N–H and O–H groups in total. The molecule has 30 heavy (non-hydrogen) atoms. The molecule has 0 radical (unpaired) electrons. The summed E-state index contributed by atoms with van der Waals surface area (Å²) < 4.78 is 35.0. The fraction of sp³-hybridized carbons (Fsp3) is 0.0909. The van der Waals surface area contributed by atoms with Crippen LogP contribution in [0.2, 0.25) is 0 Å². The maximum absolute atomic E-state index is 13.2. The van der Waals surface area contributed by atoms with Crippen LogP contribution in [-0.4, -0.2) is 30.2 Å². The topological polar surface area (TPSA) is 77.3 Å². The van der Waals surface area contributed by atoms with Crippen LogP contribution in [0.4, 0.5) is 5.69 Å². The van der Waals surface area contributed by atoms with Crippen molar-refractivity contribution in [2.24, 2.45) is 7.05 Å². The number of benzene rings is 2. The van der Waals surface area contributed by atoms with E-state index in [2.05, 4.69) is 10.1 Å². The summed E-state index contributed by atoms with van der Waals surface area (Å²) in [6, 6.07) is 19.3. The smallest absolute Gasteiger partial charge is 0.264 e. The molecule has 7 nitrogen and oxygen atoms in total. The van der Waals surface area contributed by atoms with Crippen LogP contribution in [0.5, 0.6) is 11.5 Å². The quantitative estimate of drug-likeness (QED) is 0.469. The fourth-order valence-corrected chi connectivity index (χ4v) is 4.21. The maximum atomic E-state index is 13.2. The fourth-order valence-electron chi connectivity index (χ4n) is 3.02. The number of hydrogen-bond donors (Lipinski definition) is 0. The molecule has 0 fully saturated rings. The molecule has 2 heterocycles. The Kier molecular flexibility index (Phi) is 5.24. The number of nitrogens with zero attached hydrogens (tertiary/aromatic N) is 4. The number of rotatable bonds is 6. The second-order valence-corrected chi connectivity index (χ2v) is 8.60. The second kappa shape index (κ2) is 8.00. The van der Waals surface area contributed by atoms with Crippen LogP contribution < -0.4 is 9.04 Å². The number of anilines is 1. The van der Waals surface area contributed by atoms with E-state index in [0.29, 0.717) is 22.9 Å². The second-order valence-electron chi connectivity index (χ2n) is 6.63. The van der Waals surface area contributed by atoms with Crippen molar-refractivity contribution in [3.8, 4) is 22.8 Å². The van der Waals surface area contributed by atoms with Gasteiger partial charge < -0.3 is 4.74 Å². The monoisotopic (exact) mass is 420 g/mol. The first kappa shape index (κ1) is 19.7. The summed E-state index contributed by atoms with van der Waals surface area (Å²) in [5.41, 5.74) is 1.94. The molecule has 0 bridgehead atoms. The van der Waals surface area contributed by atoms with Crippen LogP contribution in [0.1, 0.15) is 0 Å². The van der Waals surface area contributed by atoms with Crippen LogP contribution >= 0.6 is 0 Å². The van der Waals surface area contributed by atoms with Crippen molar-refractivity contribution in [1.29, 1.82) is 0 Å². The zero-order chi connectivity index (χ0) is 21.1. The third-order valence-corrected chi connectivity index (χ3v) is 6.35. The van der Waals surface area contributed by atoms with E-state index in [1.807, 2.05) is 30.3 Å². The van der Waals surface area contributed by atoms with Crippen molar-refractivity contribution in [1.82, 2.24) is 14.8 Å². The Morgan fingerprint density at radius 3 is 2.20 bits per heavy atom. The van der Waals surface area contributed by atoms with Crippen LogP contribution in [0.3, 0.4) is 0 Å². The minimum Gasteiger partial charge on any atom is -0.457 e. The Morgan fingerprint density at radius 2 is 1.53 bits per heavy atom. The lowest BCUT2D eigenvalue weighted by Gasteiger charge is -2.19. The van der Waals surface area contributed by atoms with Gasteiger partial charge in [-0.05, 0) is 36.4 Å². The number of hydrogen-bond acceptors (Lipinski definition) is 5. The zero-order valence-corrected chi connectivity index (χ0v) is 17.3. The van der Waals surface area contributed by atoms with E-state index in [0.717, 1.165) is 5.56 Å². The molecule has 8 heteroatoms. The van der Waals surface area contributed by atoms with E-state index in [9.17, 15) is 8.42 Å². The van der Waals surface area contributed by atoms with Crippen LogP contribution in [-0.2, 0) is 17.1 Å². The number of aromatic nitrogens is 3. The highest BCUT2D eigenvalue weighted by Gasteiger charge is 2.25. The van der Waals surface area contributed by atoms with Gasteiger partial charge >= 0.3 is 0 Å². The van der Waals surface area contributed by atoms with Gasteiger partial charge in [-0.2, -0.15) is 5.10 Å². The number of sulfonamides is 1.